The maximum atomic E-state index is 13.5. The molecule has 0 spiro atoms. The van der Waals surface area contributed by atoms with Gasteiger partial charge in [0.05, 0.1) is 43.0 Å². The molecule has 1 fully saturated rings. The molecule has 1 saturated heterocycles. The molecule has 1 N–H and O–H groups in total. The predicted molar refractivity (Wildman–Crippen MR) is 124 cm³/mol. The highest BCUT2D eigenvalue weighted by atomic mass is 19.4. The van der Waals surface area contributed by atoms with E-state index < -0.39 is 40.6 Å². The summed E-state index contributed by atoms with van der Waals surface area (Å²) in [5, 5.41) is 8.60. The minimum Gasteiger partial charge on any atom is -0.379 e. The van der Waals surface area contributed by atoms with E-state index in [1.807, 2.05) is 5.10 Å². The fourth-order valence-electron chi connectivity index (χ4n) is 4.16. The fourth-order valence-corrected chi connectivity index (χ4v) is 4.16. The van der Waals surface area contributed by atoms with Crippen LogP contribution in [0.2, 0.25) is 0 Å². The van der Waals surface area contributed by atoms with Gasteiger partial charge in [-0.1, -0.05) is 6.92 Å². The van der Waals surface area contributed by atoms with Crippen LogP contribution in [0.5, 0.6) is 0 Å². The number of amides is 1. The van der Waals surface area contributed by atoms with E-state index in [0.717, 1.165) is 10.9 Å². The van der Waals surface area contributed by atoms with Gasteiger partial charge in [-0.3, -0.25) is 14.3 Å². The number of fused-ring (bicyclic) bond motifs is 1. The zero-order valence-corrected chi connectivity index (χ0v) is 20.6. The van der Waals surface area contributed by atoms with E-state index in [1.54, 1.807) is 16.7 Å². The Morgan fingerprint density at radius 3 is 2.31 bits per heavy atom. The number of carbonyl (C=O) groups is 1. The average Bonchev–Trinajstić information content (AvgIpc) is 3.30. The van der Waals surface area contributed by atoms with Gasteiger partial charge in [0.15, 0.2) is 5.69 Å². The van der Waals surface area contributed by atoms with E-state index in [2.05, 4.69) is 20.2 Å². The van der Waals surface area contributed by atoms with Crippen molar-refractivity contribution >= 4 is 22.8 Å². The van der Waals surface area contributed by atoms with Crippen LogP contribution in [-0.2, 0) is 21.9 Å². The monoisotopic (exact) mass is 562 g/mol. The Morgan fingerprint density at radius 2 is 1.72 bits per heavy atom. The second-order valence-electron chi connectivity index (χ2n) is 8.77. The molecule has 1 unspecified atom stereocenters. The highest BCUT2D eigenvalue weighted by molar-refractivity contribution is 5.80. The van der Waals surface area contributed by atoms with E-state index in [-0.39, 0.29) is 37.0 Å². The number of halogens is 6. The first-order valence-corrected chi connectivity index (χ1v) is 11.9. The molecule has 1 amide bonds. The van der Waals surface area contributed by atoms with Crippen molar-refractivity contribution in [2.45, 2.75) is 38.2 Å². The number of carbonyl (C=O) groups excluding carboxylic acids is 1. The van der Waals surface area contributed by atoms with Crippen LogP contribution < -0.4 is 10.5 Å². The third-order valence-corrected chi connectivity index (χ3v) is 6.26. The number of hydrogen-bond donors (Lipinski definition) is 1. The molecule has 4 heterocycles. The summed E-state index contributed by atoms with van der Waals surface area (Å²) in [7, 11) is 0. The van der Waals surface area contributed by atoms with Gasteiger partial charge < -0.3 is 14.5 Å². The zero-order valence-electron chi connectivity index (χ0n) is 20.6. The molecule has 39 heavy (non-hydrogen) atoms. The predicted octanol–water partition coefficient (Wildman–Crippen LogP) is 2.65. The van der Waals surface area contributed by atoms with E-state index in [1.165, 1.54) is 0 Å². The molecule has 1 atom stereocenters. The lowest BCUT2D eigenvalue weighted by atomic mass is 10.2. The lowest BCUT2D eigenvalue weighted by molar-refractivity contribution is -0.140. The number of hydrogen-bond acceptors (Lipinski definition) is 8. The van der Waals surface area contributed by atoms with E-state index in [4.69, 9.17) is 4.74 Å². The first-order chi connectivity index (χ1) is 18.4. The number of ether oxygens (including phenoxy) is 1. The number of rotatable bonds is 8. The van der Waals surface area contributed by atoms with Crippen LogP contribution in [0, 0.1) is 0 Å². The molecule has 11 nitrogen and oxygen atoms in total. The van der Waals surface area contributed by atoms with Crippen LogP contribution in [0.15, 0.2) is 23.4 Å². The Morgan fingerprint density at radius 1 is 1.05 bits per heavy atom. The van der Waals surface area contributed by atoms with Gasteiger partial charge in [-0.2, -0.15) is 36.5 Å². The molecular weight excluding hydrogens is 538 g/mol. The fraction of sp³-hybridized carbons (Fsp3) is 0.545. The van der Waals surface area contributed by atoms with Crippen molar-refractivity contribution in [1.82, 2.24) is 34.8 Å². The molecule has 0 saturated carbocycles. The number of aromatic nitrogens is 6. The highest BCUT2D eigenvalue weighted by Gasteiger charge is 2.39. The lowest BCUT2D eigenvalue weighted by Gasteiger charge is -2.34. The number of nitrogens with zero attached hydrogens (tertiary/aromatic N) is 7. The number of nitrogens with one attached hydrogen (secondary N) is 1. The molecule has 0 aromatic carbocycles. The minimum absolute atomic E-state index is 0.00171. The maximum absolute atomic E-state index is 13.5. The van der Waals surface area contributed by atoms with Crippen LogP contribution in [0.25, 0.3) is 10.9 Å². The Hall–Kier alpha value is -3.76. The van der Waals surface area contributed by atoms with Crippen molar-refractivity contribution in [1.29, 1.82) is 0 Å². The topological polar surface area (TPSA) is 122 Å². The second kappa shape index (κ2) is 11.2. The highest BCUT2D eigenvalue weighted by Crippen LogP contribution is 2.33. The summed E-state index contributed by atoms with van der Waals surface area (Å²) >= 11 is 0. The molecular formula is C22H24F6N8O3. The van der Waals surface area contributed by atoms with Gasteiger partial charge in [0, 0.05) is 38.6 Å². The minimum atomic E-state index is -4.84. The molecule has 1 aliphatic heterocycles. The van der Waals surface area contributed by atoms with E-state index in [9.17, 15) is 35.9 Å². The van der Waals surface area contributed by atoms with Crippen molar-refractivity contribution in [3.05, 3.63) is 40.2 Å². The van der Waals surface area contributed by atoms with Gasteiger partial charge in [0.25, 0.3) is 5.56 Å². The Labute approximate surface area is 216 Å². The summed E-state index contributed by atoms with van der Waals surface area (Å²) in [4.78, 5) is 35.4. The van der Waals surface area contributed by atoms with Crippen LogP contribution in [0.3, 0.4) is 0 Å². The smallest absolute Gasteiger partial charge is 0.379 e. The van der Waals surface area contributed by atoms with Gasteiger partial charge in [-0.15, -0.1) is 0 Å². The van der Waals surface area contributed by atoms with Gasteiger partial charge in [0.2, 0.25) is 11.9 Å². The van der Waals surface area contributed by atoms with Crippen LogP contribution >= 0.6 is 0 Å². The van der Waals surface area contributed by atoms with Crippen molar-refractivity contribution in [3.63, 3.8) is 0 Å². The zero-order chi connectivity index (χ0) is 28.4. The summed E-state index contributed by atoms with van der Waals surface area (Å²) < 4.78 is 85.1. The van der Waals surface area contributed by atoms with Crippen molar-refractivity contribution < 1.29 is 35.9 Å². The lowest BCUT2D eigenvalue weighted by Crippen LogP contribution is -2.49. The molecule has 0 aliphatic carbocycles. The average molecular weight is 562 g/mol. The third kappa shape index (κ3) is 6.29. The molecule has 0 bridgehead atoms. The SMILES string of the molecule is CCC(COCCC(=O)N1CCN(c2ncc(C(F)(F)F)cn2)CC1)n1nc(C(F)(F)F)c2c(=O)[nH]ncc21. The second-order valence-corrected chi connectivity index (χ2v) is 8.77. The van der Waals surface area contributed by atoms with Gasteiger partial charge in [0.1, 0.15) is 5.39 Å². The maximum Gasteiger partial charge on any atom is 0.435 e. The number of piperazine rings is 1. The van der Waals surface area contributed by atoms with E-state index >= 15 is 0 Å². The summed E-state index contributed by atoms with van der Waals surface area (Å²) in [5.41, 5.74) is -3.34. The Balaban J connectivity index is 1.29. The Bertz CT molecular complexity index is 1350. The Kier molecular flexibility index (Phi) is 8.08. The van der Waals surface area contributed by atoms with Gasteiger partial charge >= 0.3 is 12.4 Å². The summed E-state index contributed by atoms with van der Waals surface area (Å²) in [6.45, 7) is 2.95. The molecule has 1 aliphatic rings. The van der Waals surface area contributed by atoms with Crippen molar-refractivity contribution in [2.24, 2.45) is 0 Å². The van der Waals surface area contributed by atoms with Crippen LogP contribution in [-0.4, -0.2) is 80.1 Å². The van der Waals surface area contributed by atoms with Crippen LogP contribution in [0.4, 0.5) is 32.3 Å². The third-order valence-electron chi connectivity index (χ3n) is 6.26. The number of aromatic amines is 1. The number of anilines is 1. The molecule has 212 valence electrons. The largest absolute Gasteiger partial charge is 0.435 e. The molecule has 3 aromatic heterocycles. The molecule has 4 rings (SSSR count). The molecule has 17 heteroatoms. The van der Waals surface area contributed by atoms with Crippen LogP contribution in [0.1, 0.15) is 37.1 Å². The first-order valence-electron chi connectivity index (χ1n) is 11.9. The summed E-state index contributed by atoms with van der Waals surface area (Å²) in [5.74, 6) is -0.0725. The first kappa shape index (κ1) is 28.3. The van der Waals surface area contributed by atoms with E-state index in [0.29, 0.717) is 45.0 Å². The molecule has 0 radical (unpaired) electrons. The number of H-pyrrole nitrogens is 1. The summed E-state index contributed by atoms with van der Waals surface area (Å²) in [6.07, 6.45) is -6.49. The number of alkyl halides is 6. The quantitative estimate of drug-likeness (QED) is 0.329. The summed E-state index contributed by atoms with van der Waals surface area (Å²) in [6, 6.07) is -0.644. The molecule has 3 aromatic rings. The normalized spacial score (nSPS) is 15.7. The van der Waals surface area contributed by atoms with Crippen molar-refractivity contribution in [3.8, 4) is 0 Å². The standard InChI is InChI=1S/C22H24F6N8O3/c1-2-14(36-15-11-31-32-19(38)17(15)18(33-36)22(26,27)28)12-39-8-3-16(37)34-4-6-35(7-5-34)20-29-9-13(10-30-20)21(23,24)25/h9-11,14H,2-8,12H2,1H3,(H,32,38). The van der Waals surface area contributed by atoms with Gasteiger partial charge in [-0.05, 0) is 6.42 Å². The van der Waals surface area contributed by atoms with Gasteiger partial charge in [-0.25, -0.2) is 15.1 Å². The van der Waals surface area contributed by atoms with Crippen molar-refractivity contribution in [2.75, 3.05) is 44.3 Å².